The highest BCUT2D eigenvalue weighted by molar-refractivity contribution is 5.37. The summed E-state index contributed by atoms with van der Waals surface area (Å²) in [5.74, 6) is -0.214. The van der Waals surface area contributed by atoms with E-state index < -0.39 is 5.82 Å². The van der Waals surface area contributed by atoms with Gasteiger partial charge in [-0.2, -0.15) is 0 Å². The summed E-state index contributed by atoms with van der Waals surface area (Å²) in [6.07, 6.45) is 0. The first-order valence-corrected chi connectivity index (χ1v) is 4.27. The van der Waals surface area contributed by atoms with E-state index in [1.54, 1.807) is 19.2 Å². The van der Waals surface area contributed by atoms with Gasteiger partial charge in [0.25, 0.3) is 0 Å². The Morgan fingerprint density at radius 1 is 1.43 bits per heavy atom. The number of benzene rings is 1. The van der Waals surface area contributed by atoms with Crippen LogP contribution in [0.5, 0.6) is 5.75 Å². The van der Waals surface area contributed by atoms with Gasteiger partial charge in [0.1, 0.15) is 0 Å². The maximum Gasteiger partial charge on any atom is 0.165 e. The molecule has 0 bridgehead atoms. The van der Waals surface area contributed by atoms with E-state index in [2.05, 4.69) is 0 Å². The third-order valence-corrected chi connectivity index (χ3v) is 1.95. The molecule has 1 unspecified atom stereocenters. The van der Waals surface area contributed by atoms with E-state index in [1.807, 2.05) is 0 Å². The van der Waals surface area contributed by atoms with Gasteiger partial charge in [-0.05, 0) is 6.07 Å². The zero-order valence-corrected chi connectivity index (χ0v) is 8.29. The second kappa shape index (κ2) is 4.93. The average molecular weight is 199 g/mol. The van der Waals surface area contributed by atoms with E-state index in [0.29, 0.717) is 12.2 Å². The molecule has 0 radical (unpaired) electrons. The van der Waals surface area contributed by atoms with Gasteiger partial charge in [0, 0.05) is 12.7 Å². The molecule has 0 saturated carbocycles. The second-order valence-corrected chi connectivity index (χ2v) is 2.92. The first-order valence-electron chi connectivity index (χ1n) is 4.27. The van der Waals surface area contributed by atoms with Crippen molar-refractivity contribution in [2.24, 2.45) is 5.73 Å². The summed E-state index contributed by atoms with van der Waals surface area (Å²) in [4.78, 5) is 0. The molecule has 0 heterocycles. The molecule has 1 rings (SSSR count). The van der Waals surface area contributed by atoms with Gasteiger partial charge >= 0.3 is 0 Å². The Bertz CT molecular complexity index is 304. The fourth-order valence-electron chi connectivity index (χ4n) is 1.30. The van der Waals surface area contributed by atoms with Gasteiger partial charge in [-0.25, -0.2) is 4.39 Å². The van der Waals surface area contributed by atoms with Crippen molar-refractivity contribution in [3.63, 3.8) is 0 Å². The predicted octanol–water partition coefficient (Wildman–Crippen LogP) is 1.48. The molecule has 2 N–H and O–H groups in total. The predicted molar refractivity (Wildman–Crippen MR) is 51.8 cm³/mol. The summed E-state index contributed by atoms with van der Waals surface area (Å²) in [6, 6.07) is 4.29. The van der Waals surface area contributed by atoms with Crippen LogP contribution < -0.4 is 10.5 Å². The van der Waals surface area contributed by atoms with Crippen molar-refractivity contribution in [2.75, 3.05) is 20.8 Å². The Hall–Kier alpha value is -1.13. The smallest absolute Gasteiger partial charge is 0.165 e. The van der Waals surface area contributed by atoms with Gasteiger partial charge in [0.15, 0.2) is 11.6 Å². The summed E-state index contributed by atoms with van der Waals surface area (Å²) in [5.41, 5.74) is 6.40. The normalized spacial score (nSPS) is 12.6. The van der Waals surface area contributed by atoms with Crippen molar-refractivity contribution in [1.29, 1.82) is 0 Å². The van der Waals surface area contributed by atoms with E-state index in [-0.39, 0.29) is 11.8 Å². The second-order valence-electron chi connectivity index (χ2n) is 2.92. The molecule has 0 saturated heterocycles. The average Bonchev–Trinajstić information content (AvgIpc) is 2.17. The molecule has 0 aliphatic rings. The number of para-hydroxylation sites is 1. The summed E-state index contributed by atoms with van der Waals surface area (Å²) < 4.78 is 23.1. The summed E-state index contributed by atoms with van der Waals surface area (Å²) in [6.45, 7) is 0.333. The lowest BCUT2D eigenvalue weighted by atomic mass is 10.1. The lowest BCUT2D eigenvalue weighted by Crippen LogP contribution is -2.17. The fraction of sp³-hybridized carbons (Fsp3) is 0.400. The molecule has 1 aromatic rings. The van der Waals surface area contributed by atoms with Crippen molar-refractivity contribution in [3.05, 3.63) is 29.6 Å². The maximum atomic E-state index is 13.2. The van der Waals surface area contributed by atoms with Gasteiger partial charge in [-0.3, -0.25) is 0 Å². The van der Waals surface area contributed by atoms with Crippen LogP contribution in [0.25, 0.3) is 0 Å². The zero-order valence-electron chi connectivity index (χ0n) is 8.29. The highest BCUT2D eigenvalue weighted by atomic mass is 19.1. The maximum absolute atomic E-state index is 13.2. The zero-order chi connectivity index (χ0) is 10.6. The van der Waals surface area contributed by atoms with Crippen molar-refractivity contribution < 1.29 is 13.9 Å². The molecule has 78 valence electrons. The van der Waals surface area contributed by atoms with Gasteiger partial charge < -0.3 is 15.2 Å². The number of hydrogen-bond acceptors (Lipinski definition) is 3. The first kappa shape index (κ1) is 10.9. The van der Waals surface area contributed by atoms with Gasteiger partial charge in [0.05, 0.1) is 19.8 Å². The quantitative estimate of drug-likeness (QED) is 0.798. The lowest BCUT2D eigenvalue weighted by Gasteiger charge is -2.14. The Labute approximate surface area is 82.6 Å². The van der Waals surface area contributed by atoms with Crippen LogP contribution in [0.1, 0.15) is 11.6 Å². The molecular weight excluding hydrogens is 185 g/mol. The van der Waals surface area contributed by atoms with Crippen molar-refractivity contribution in [1.82, 2.24) is 0 Å². The van der Waals surface area contributed by atoms with Crippen LogP contribution in [0.3, 0.4) is 0 Å². The minimum Gasteiger partial charge on any atom is -0.493 e. The van der Waals surface area contributed by atoms with Gasteiger partial charge in [-0.1, -0.05) is 12.1 Å². The van der Waals surface area contributed by atoms with Crippen molar-refractivity contribution >= 4 is 0 Å². The minimum absolute atomic E-state index is 0.192. The standard InChI is InChI=1S/C10H14FNO2/c1-13-6-9(12)7-4-3-5-8(11)10(7)14-2/h3-5,9H,6,12H2,1-2H3. The molecule has 0 amide bonds. The van der Waals surface area contributed by atoms with Crippen molar-refractivity contribution in [2.45, 2.75) is 6.04 Å². The molecule has 0 fully saturated rings. The van der Waals surface area contributed by atoms with Gasteiger partial charge in [0.2, 0.25) is 0 Å². The molecule has 0 aliphatic carbocycles. The van der Waals surface area contributed by atoms with Crippen LogP contribution in [0.15, 0.2) is 18.2 Å². The Balaban J connectivity index is 3.00. The number of nitrogens with two attached hydrogens (primary N) is 1. The van der Waals surface area contributed by atoms with E-state index >= 15 is 0 Å². The number of halogens is 1. The minimum atomic E-state index is -0.406. The van der Waals surface area contributed by atoms with Crippen LogP contribution in [-0.4, -0.2) is 20.8 Å². The lowest BCUT2D eigenvalue weighted by molar-refractivity contribution is 0.179. The third kappa shape index (κ3) is 2.21. The summed E-state index contributed by atoms with van der Waals surface area (Å²) in [5, 5.41) is 0. The molecule has 4 heteroatoms. The van der Waals surface area contributed by atoms with Crippen molar-refractivity contribution in [3.8, 4) is 5.75 Å². The highest BCUT2D eigenvalue weighted by Crippen LogP contribution is 2.26. The monoisotopic (exact) mass is 199 g/mol. The fourth-order valence-corrected chi connectivity index (χ4v) is 1.30. The third-order valence-electron chi connectivity index (χ3n) is 1.95. The van der Waals surface area contributed by atoms with Gasteiger partial charge in [-0.15, -0.1) is 0 Å². The molecule has 1 aromatic carbocycles. The number of hydrogen-bond donors (Lipinski definition) is 1. The van der Waals surface area contributed by atoms with Crippen LogP contribution in [0, 0.1) is 5.82 Å². The number of ether oxygens (including phenoxy) is 2. The van der Waals surface area contributed by atoms with E-state index in [9.17, 15) is 4.39 Å². The number of methoxy groups -OCH3 is 2. The summed E-state index contributed by atoms with van der Waals surface area (Å²) >= 11 is 0. The van der Waals surface area contributed by atoms with Crippen LogP contribution in [-0.2, 0) is 4.74 Å². The van der Waals surface area contributed by atoms with E-state index in [0.717, 1.165) is 0 Å². The summed E-state index contributed by atoms with van der Waals surface area (Å²) in [7, 11) is 2.97. The Morgan fingerprint density at radius 2 is 2.14 bits per heavy atom. The molecule has 0 aromatic heterocycles. The Morgan fingerprint density at radius 3 is 2.71 bits per heavy atom. The first-order chi connectivity index (χ1) is 6.70. The highest BCUT2D eigenvalue weighted by Gasteiger charge is 2.14. The molecule has 0 spiro atoms. The molecule has 3 nitrogen and oxygen atoms in total. The van der Waals surface area contributed by atoms with E-state index in [1.165, 1.54) is 13.2 Å². The molecule has 0 aliphatic heterocycles. The topological polar surface area (TPSA) is 44.5 Å². The SMILES string of the molecule is COCC(N)c1cccc(F)c1OC. The largest absolute Gasteiger partial charge is 0.493 e. The molecular formula is C10H14FNO2. The Kier molecular flexibility index (Phi) is 3.85. The van der Waals surface area contributed by atoms with E-state index in [4.69, 9.17) is 15.2 Å². The number of rotatable bonds is 4. The van der Waals surface area contributed by atoms with Crippen LogP contribution in [0.4, 0.5) is 4.39 Å². The molecule has 1 atom stereocenters. The molecule has 14 heavy (non-hydrogen) atoms. The van der Waals surface area contributed by atoms with Crippen LogP contribution in [0.2, 0.25) is 0 Å². The van der Waals surface area contributed by atoms with Crippen LogP contribution >= 0.6 is 0 Å².